The predicted octanol–water partition coefficient (Wildman–Crippen LogP) is -0.517. The number of rotatable bonds is 5. The lowest BCUT2D eigenvalue weighted by Crippen LogP contribution is -2.46. The normalized spacial score (nSPS) is 18.1. The van der Waals surface area contributed by atoms with Crippen LogP contribution >= 0.6 is 0 Å². The summed E-state index contributed by atoms with van der Waals surface area (Å²) < 4.78 is 4.98. The SMILES string of the molecule is O=C(O)c1cc(CN2CCN(CCO)CC2)on1. The van der Waals surface area contributed by atoms with Crippen molar-refractivity contribution in [2.75, 3.05) is 39.3 Å². The number of aliphatic hydroxyl groups excluding tert-OH is 1. The summed E-state index contributed by atoms with van der Waals surface area (Å²) in [5.74, 6) is -0.499. The first-order chi connectivity index (χ1) is 8.69. The molecule has 1 fully saturated rings. The van der Waals surface area contributed by atoms with E-state index in [0.29, 0.717) is 18.8 Å². The quantitative estimate of drug-likeness (QED) is 0.731. The van der Waals surface area contributed by atoms with E-state index in [1.54, 1.807) is 0 Å². The van der Waals surface area contributed by atoms with Crippen LogP contribution in [0.1, 0.15) is 16.2 Å². The van der Waals surface area contributed by atoms with E-state index in [2.05, 4.69) is 15.0 Å². The molecule has 100 valence electrons. The second-order valence-electron chi connectivity index (χ2n) is 4.33. The fourth-order valence-corrected chi connectivity index (χ4v) is 2.02. The van der Waals surface area contributed by atoms with Gasteiger partial charge in [0.25, 0.3) is 0 Å². The van der Waals surface area contributed by atoms with Crippen LogP contribution in [0, 0.1) is 0 Å². The summed E-state index contributed by atoms with van der Waals surface area (Å²) in [4.78, 5) is 15.0. The van der Waals surface area contributed by atoms with E-state index in [9.17, 15) is 4.79 Å². The zero-order valence-corrected chi connectivity index (χ0v) is 10.1. The second-order valence-corrected chi connectivity index (χ2v) is 4.33. The van der Waals surface area contributed by atoms with Crippen molar-refractivity contribution in [1.29, 1.82) is 0 Å². The molecular formula is C11H17N3O4. The fourth-order valence-electron chi connectivity index (χ4n) is 2.02. The Bertz CT molecular complexity index is 399. The number of aromatic nitrogens is 1. The fraction of sp³-hybridized carbons (Fsp3) is 0.636. The number of carboxylic acid groups (broad SMARTS) is 1. The van der Waals surface area contributed by atoms with Crippen molar-refractivity contribution in [2.24, 2.45) is 0 Å². The van der Waals surface area contributed by atoms with E-state index in [0.717, 1.165) is 26.2 Å². The van der Waals surface area contributed by atoms with Gasteiger partial charge in [0, 0.05) is 38.8 Å². The van der Waals surface area contributed by atoms with Crippen molar-refractivity contribution in [2.45, 2.75) is 6.54 Å². The van der Waals surface area contributed by atoms with E-state index in [1.807, 2.05) is 0 Å². The molecule has 0 amide bonds. The highest BCUT2D eigenvalue weighted by Crippen LogP contribution is 2.10. The van der Waals surface area contributed by atoms with E-state index in [-0.39, 0.29) is 12.3 Å². The first-order valence-corrected chi connectivity index (χ1v) is 5.93. The van der Waals surface area contributed by atoms with Gasteiger partial charge in [0.15, 0.2) is 11.5 Å². The number of β-amino-alcohol motifs (C(OH)–C–C–N with tert-alkyl or cyclic N) is 1. The molecule has 2 rings (SSSR count). The lowest BCUT2D eigenvalue weighted by Gasteiger charge is -2.33. The highest BCUT2D eigenvalue weighted by Gasteiger charge is 2.18. The van der Waals surface area contributed by atoms with Crippen LogP contribution in [0.25, 0.3) is 0 Å². The first kappa shape index (κ1) is 13.0. The number of aromatic carboxylic acids is 1. The molecule has 2 N–H and O–H groups in total. The van der Waals surface area contributed by atoms with Gasteiger partial charge in [-0.1, -0.05) is 5.16 Å². The van der Waals surface area contributed by atoms with Gasteiger partial charge >= 0.3 is 5.97 Å². The average molecular weight is 255 g/mol. The van der Waals surface area contributed by atoms with E-state index < -0.39 is 5.97 Å². The third kappa shape index (κ3) is 3.28. The average Bonchev–Trinajstić information content (AvgIpc) is 2.81. The van der Waals surface area contributed by atoms with Gasteiger partial charge in [0.2, 0.25) is 0 Å². The zero-order chi connectivity index (χ0) is 13.0. The molecule has 0 aromatic carbocycles. The number of piperazine rings is 1. The van der Waals surface area contributed by atoms with Crippen LogP contribution in [0.4, 0.5) is 0 Å². The maximum atomic E-state index is 10.7. The Labute approximate surface area is 105 Å². The van der Waals surface area contributed by atoms with Crippen LogP contribution < -0.4 is 0 Å². The molecule has 0 radical (unpaired) electrons. The van der Waals surface area contributed by atoms with Crippen LogP contribution in [0.2, 0.25) is 0 Å². The summed E-state index contributed by atoms with van der Waals surface area (Å²) in [6.07, 6.45) is 0. The molecule has 0 unspecified atom stereocenters. The van der Waals surface area contributed by atoms with Gasteiger partial charge in [-0.3, -0.25) is 9.80 Å². The van der Waals surface area contributed by atoms with Gasteiger partial charge in [-0.2, -0.15) is 0 Å². The van der Waals surface area contributed by atoms with Crippen LogP contribution in [-0.2, 0) is 6.54 Å². The molecule has 18 heavy (non-hydrogen) atoms. The molecule has 0 bridgehead atoms. The maximum Gasteiger partial charge on any atom is 0.358 e. The second kappa shape index (κ2) is 5.94. The minimum Gasteiger partial charge on any atom is -0.476 e. The van der Waals surface area contributed by atoms with Crippen LogP contribution in [0.3, 0.4) is 0 Å². The summed E-state index contributed by atoms with van der Waals surface area (Å²) in [5.41, 5.74) is -0.0519. The molecule has 0 aliphatic carbocycles. The smallest absolute Gasteiger partial charge is 0.358 e. The van der Waals surface area contributed by atoms with Crippen LogP contribution in [-0.4, -0.2) is 70.5 Å². The van der Waals surface area contributed by atoms with E-state index >= 15 is 0 Å². The molecule has 1 aromatic rings. The molecule has 0 atom stereocenters. The zero-order valence-electron chi connectivity index (χ0n) is 10.1. The molecular weight excluding hydrogens is 238 g/mol. The van der Waals surface area contributed by atoms with Crippen molar-refractivity contribution in [3.63, 3.8) is 0 Å². The Morgan fingerprint density at radius 1 is 1.33 bits per heavy atom. The minimum absolute atomic E-state index is 0.0519. The van der Waals surface area contributed by atoms with Crippen molar-refractivity contribution in [3.8, 4) is 0 Å². The molecule has 1 aliphatic rings. The highest BCUT2D eigenvalue weighted by molar-refractivity contribution is 5.85. The van der Waals surface area contributed by atoms with Gasteiger partial charge < -0.3 is 14.7 Å². The monoisotopic (exact) mass is 255 g/mol. The lowest BCUT2D eigenvalue weighted by molar-refractivity contribution is 0.0685. The third-order valence-electron chi connectivity index (χ3n) is 3.04. The molecule has 1 aliphatic heterocycles. The van der Waals surface area contributed by atoms with Crippen LogP contribution in [0.15, 0.2) is 10.6 Å². The Morgan fingerprint density at radius 3 is 2.56 bits per heavy atom. The first-order valence-electron chi connectivity index (χ1n) is 5.93. The topological polar surface area (TPSA) is 90.0 Å². The van der Waals surface area contributed by atoms with Gasteiger partial charge in [-0.25, -0.2) is 4.79 Å². The summed E-state index contributed by atoms with van der Waals surface area (Å²) in [7, 11) is 0. The van der Waals surface area contributed by atoms with Crippen molar-refractivity contribution in [3.05, 3.63) is 17.5 Å². The number of carbonyl (C=O) groups is 1. The lowest BCUT2D eigenvalue weighted by atomic mass is 10.3. The summed E-state index contributed by atoms with van der Waals surface area (Å²) >= 11 is 0. The Morgan fingerprint density at radius 2 is 2.00 bits per heavy atom. The van der Waals surface area contributed by atoms with Crippen molar-refractivity contribution < 1.29 is 19.5 Å². The van der Waals surface area contributed by atoms with Gasteiger partial charge in [0.05, 0.1) is 13.2 Å². The molecule has 1 saturated heterocycles. The van der Waals surface area contributed by atoms with Gasteiger partial charge in [-0.05, 0) is 0 Å². The highest BCUT2D eigenvalue weighted by atomic mass is 16.5. The number of carboxylic acids is 1. The largest absolute Gasteiger partial charge is 0.476 e. The number of hydrogen-bond donors (Lipinski definition) is 2. The van der Waals surface area contributed by atoms with Crippen LogP contribution in [0.5, 0.6) is 0 Å². The molecule has 0 saturated carbocycles. The van der Waals surface area contributed by atoms with Gasteiger partial charge in [-0.15, -0.1) is 0 Å². The van der Waals surface area contributed by atoms with Crippen molar-refractivity contribution in [1.82, 2.24) is 15.0 Å². The minimum atomic E-state index is -1.07. The third-order valence-corrected chi connectivity index (χ3v) is 3.04. The summed E-state index contributed by atoms with van der Waals surface area (Å²) in [5, 5.41) is 21.1. The molecule has 2 heterocycles. The van der Waals surface area contributed by atoms with E-state index in [1.165, 1.54) is 6.07 Å². The number of hydrogen-bond acceptors (Lipinski definition) is 6. The van der Waals surface area contributed by atoms with Crippen molar-refractivity contribution >= 4 is 5.97 Å². The maximum absolute atomic E-state index is 10.7. The Kier molecular flexibility index (Phi) is 4.29. The summed E-state index contributed by atoms with van der Waals surface area (Å²) in [6.45, 7) is 5.03. The molecule has 0 spiro atoms. The summed E-state index contributed by atoms with van der Waals surface area (Å²) in [6, 6.07) is 1.46. The standard InChI is InChI=1S/C11H17N3O4/c15-6-5-13-1-3-14(4-2-13)8-9-7-10(11(16)17)12-18-9/h7,15H,1-6,8H2,(H,16,17). The van der Waals surface area contributed by atoms with E-state index in [4.69, 9.17) is 14.7 Å². The molecule has 7 nitrogen and oxygen atoms in total. The molecule has 1 aromatic heterocycles. The Balaban J connectivity index is 1.82. The predicted molar refractivity (Wildman–Crippen MR) is 62.3 cm³/mol. The number of aliphatic hydroxyl groups is 1. The van der Waals surface area contributed by atoms with Gasteiger partial charge in [0.1, 0.15) is 0 Å². The Hall–Kier alpha value is -1.44. The number of nitrogens with zero attached hydrogens (tertiary/aromatic N) is 3. The molecule has 7 heteroatoms.